The molecule has 5 nitrogen and oxygen atoms in total. The molecule has 0 unspecified atom stereocenters. The minimum Gasteiger partial charge on any atom is -0.383 e. The summed E-state index contributed by atoms with van der Waals surface area (Å²) < 4.78 is 28.1. The molecule has 8 heteroatoms. The third-order valence-corrected chi connectivity index (χ3v) is 5.52. The highest BCUT2D eigenvalue weighted by Crippen LogP contribution is 2.36. The Kier molecular flexibility index (Phi) is 3.72. The third kappa shape index (κ3) is 2.66. The van der Waals surface area contributed by atoms with Crippen molar-refractivity contribution in [1.29, 1.82) is 0 Å². The number of carbonyl (C=O) groups is 1. The minimum absolute atomic E-state index is 0.0104. The summed E-state index contributed by atoms with van der Waals surface area (Å²) in [6.07, 6.45) is 0.945. The van der Waals surface area contributed by atoms with Crippen molar-refractivity contribution in [2.45, 2.75) is 18.5 Å². The van der Waals surface area contributed by atoms with Gasteiger partial charge in [-0.05, 0) is 23.6 Å². The number of rotatable bonds is 1. The number of anilines is 1. The van der Waals surface area contributed by atoms with E-state index in [2.05, 4.69) is 10.3 Å². The number of nitrogens with one attached hydrogen (secondary N) is 1. The van der Waals surface area contributed by atoms with Crippen molar-refractivity contribution >= 4 is 28.8 Å². The second kappa shape index (κ2) is 5.80. The summed E-state index contributed by atoms with van der Waals surface area (Å²) in [4.78, 5) is 19.3. The zero-order valence-electron chi connectivity index (χ0n) is 13.3. The number of aliphatic imine (C=N–C) groups is 1. The predicted molar refractivity (Wildman–Crippen MR) is 92.9 cm³/mol. The van der Waals surface area contributed by atoms with Crippen molar-refractivity contribution < 1.29 is 13.6 Å². The Bertz CT molecular complexity index is 858. The summed E-state index contributed by atoms with van der Waals surface area (Å²) in [7, 11) is 0. The number of nitrogens with zero attached hydrogens (tertiary/aromatic N) is 2. The Morgan fingerprint density at radius 1 is 1.24 bits per heavy atom. The van der Waals surface area contributed by atoms with E-state index < -0.39 is 17.3 Å². The van der Waals surface area contributed by atoms with Crippen LogP contribution < -0.4 is 11.1 Å². The van der Waals surface area contributed by atoms with E-state index in [1.165, 1.54) is 11.3 Å². The maximum atomic E-state index is 14.2. The molecule has 3 N–H and O–H groups in total. The fraction of sp³-hybridized carbons (Fsp3) is 0.294. The normalized spacial score (nSPS) is 18.5. The molecule has 2 aliphatic rings. The average molecular weight is 362 g/mol. The molecule has 0 atom stereocenters. The Labute approximate surface area is 147 Å². The molecule has 2 aliphatic heterocycles. The van der Waals surface area contributed by atoms with Gasteiger partial charge in [0.15, 0.2) is 0 Å². The number of benzene rings is 1. The first kappa shape index (κ1) is 16.0. The standard InChI is InChI=1S/C17H16F2N4OS/c18-10-3-4-11(19)14-13(10)15(20)22-17(21-14)5-7-23(8-6-17)16(24)12-2-1-9-25-12/h1-4,9,21H,5-8H2,(H2,20,22). The molecular formula is C17H16F2N4OS. The second-order valence-electron chi connectivity index (χ2n) is 6.20. The third-order valence-electron chi connectivity index (χ3n) is 4.66. The predicted octanol–water partition coefficient (Wildman–Crippen LogP) is 2.79. The van der Waals surface area contributed by atoms with E-state index in [1.807, 2.05) is 11.4 Å². The molecule has 1 aromatic carbocycles. The van der Waals surface area contributed by atoms with Gasteiger partial charge in [0.05, 0.1) is 16.1 Å². The molecule has 3 heterocycles. The first-order valence-corrected chi connectivity index (χ1v) is 8.82. The topological polar surface area (TPSA) is 70.7 Å². The monoisotopic (exact) mass is 362 g/mol. The van der Waals surface area contributed by atoms with Crippen LogP contribution in [0.4, 0.5) is 14.5 Å². The first-order valence-electron chi connectivity index (χ1n) is 7.94. The molecule has 4 rings (SSSR count). The molecule has 0 saturated carbocycles. The maximum absolute atomic E-state index is 14.2. The lowest BCUT2D eigenvalue weighted by Crippen LogP contribution is -2.52. The van der Waals surface area contributed by atoms with Crippen LogP contribution in [0, 0.1) is 11.6 Å². The fourth-order valence-electron chi connectivity index (χ4n) is 3.34. The van der Waals surface area contributed by atoms with Gasteiger partial charge in [0.2, 0.25) is 0 Å². The number of likely N-dealkylation sites (tertiary alicyclic amines) is 1. The van der Waals surface area contributed by atoms with Crippen LogP contribution in [0.5, 0.6) is 0 Å². The van der Waals surface area contributed by atoms with E-state index in [4.69, 9.17) is 5.73 Å². The highest BCUT2D eigenvalue weighted by atomic mass is 32.1. The smallest absolute Gasteiger partial charge is 0.263 e. The summed E-state index contributed by atoms with van der Waals surface area (Å²) >= 11 is 1.40. The van der Waals surface area contributed by atoms with E-state index in [0.29, 0.717) is 30.8 Å². The van der Waals surface area contributed by atoms with Gasteiger partial charge in [0, 0.05) is 25.9 Å². The number of hydrogen-bond donors (Lipinski definition) is 2. The van der Waals surface area contributed by atoms with Crippen LogP contribution >= 0.6 is 11.3 Å². The SMILES string of the molecule is NC1=NC2(CCN(C(=O)c3cccs3)CC2)Nc2c(F)ccc(F)c21. The summed E-state index contributed by atoms with van der Waals surface area (Å²) in [5.41, 5.74) is 5.13. The van der Waals surface area contributed by atoms with Gasteiger partial charge in [-0.1, -0.05) is 6.07 Å². The molecule has 1 fully saturated rings. The molecule has 130 valence electrons. The van der Waals surface area contributed by atoms with Gasteiger partial charge >= 0.3 is 0 Å². The molecular weight excluding hydrogens is 346 g/mol. The lowest BCUT2D eigenvalue weighted by Gasteiger charge is -2.42. The first-order chi connectivity index (χ1) is 12.0. The van der Waals surface area contributed by atoms with Crippen LogP contribution in [0.3, 0.4) is 0 Å². The lowest BCUT2D eigenvalue weighted by atomic mass is 9.93. The summed E-state index contributed by atoms with van der Waals surface area (Å²) in [6.45, 7) is 0.930. The zero-order chi connectivity index (χ0) is 17.6. The number of amides is 1. The van der Waals surface area contributed by atoms with E-state index >= 15 is 0 Å². The average Bonchev–Trinajstić information content (AvgIpc) is 3.12. The van der Waals surface area contributed by atoms with Crippen molar-refractivity contribution in [3.05, 3.63) is 51.7 Å². The van der Waals surface area contributed by atoms with Crippen molar-refractivity contribution in [2.24, 2.45) is 10.7 Å². The number of amidine groups is 1. The maximum Gasteiger partial charge on any atom is 0.263 e. The Hall–Kier alpha value is -2.48. The number of fused-ring (bicyclic) bond motifs is 1. The molecule has 0 radical (unpaired) electrons. The van der Waals surface area contributed by atoms with Gasteiger partial charge in [-0.25, -0.2) is 13.8 Å². The summed E-state index contributed by atoms with van der Waals surface area (Å²) in [5.74, 6) is -1.20. The zero-order valence-corrected chi connectivity index (χ0v) is 14.1. The molecule has 1 amide bonds. The van der Waals surface area contributed by atoms with Crippen LogP contribution in [0.1, 0.15) is 28.1 Å². The Balaban J connectivity index is 1.57. The van der Waals surface area contributed by atoms with Gasteiger partial charge in [0.1, 0.15) is 23.1 Å². The van der Waals surface area contributed by atoms with Gasteiger partial charge in [-0.3, -0.25) is 4.79 Å². The largest absolute Gasteiger partial charge is 0.383 e. The van der Waals surface area contributed by atoms with Crippen LogP contribution in [-0.2, 0) is 0 Å². The molecule has 0 bridgehead atoms. The van der Waals surface area contributed by atoms with Crippen molar-refractivity contribution in [2.75, 3.05) is 18.4 Å². The minimum atomic E-state index is -0.808. The number of thiophene rings is 1. The summed E-state index contributed by atoms with van der Waals surface area (Å²) in [5, 5.41) is 4.89. The second-order valence-corrected chi connectivity index (χ2v) is 7.15. The van der Waals surface area contributed by atoms with Crippen molar-refractivity contribution in [3.63, 3.8) is 0 Å². The number of piperidine rings is 1. The van der Waals surface area contributed by atoms with Crippen LogP contribution in [0.2, 0.25) is 0 Å². The molecule has 1 spiro atoms. The molecule has 0 aliphatic carbocycles. The molecule has 25 heavy (non-hydrogen) atoms. The van der Waals surface area contributed by atoms with E-state index in [-0.39, 0.29) is 23.0 Å². The van der Waals surface area contributed by atoms with Gasteiger partial charge in [-0.2, -0.15) is 0 Å². The number of halogens is 2. The van der Waals surface area contributed by atoms with E-state index in [9.17, 15) is 13.6 Å². The number of carbonyl (C=O) groups excluding carboxylic acids is 1. The van der Waals surface area contributed by atoms with Crippen LogP contribution in [0.15, 0.2) is 34.6 Å². The van der Waals surface area contributed by atoms with E-state index in [1.54, 1.807) is 11.0 Å². The lowest BCUT2D eigenvalue weighted by molar-refractivity contribution is 0.0690. The van der Waals surface area contributed by atoms with Gasteiger partial charge < -0.3 is 16.0 Å². The highest BCUT2D eigenvalue weighted by Gasteiger charge is 2.40. The molecule has 1 saturated heterocycles. The number of hydrogen-bond acceptors (Lipinski definition) is 5. The Morgan fingerprint density at radius 3 is 2.64 bits per heavy atom. The Morgan fingerprint density at radius 2 is 1.96 bits per heavy atom. The van der Waals surface area contributed by atoms with Gasteiger partial charge in [0.25, 0.3) is 5.91 Å². The van der Waals surface area contributed by atoms with Crippen molar-refractivity contribution in [1.82, 2.24) is 4.90 Å². The number of nitrogens with two attached hydrogens (primary N) is 1. The molecule has 1 aromatic heterocycles. The van der Waals surface area contributed by atoms with Gasteiger partial charge in [-0.15, -0.1) is 11.3 Å². The fourth-order valence-corrected chi connectivity index (χ4v) is 4.03. The highest BCUT2D eigenvalue weighted by molar-refractivity contribution is 7.12. The van der Waals surface area contributed by atoms with Crippen LogP contribution in [-0.4, -0.2) is 35.4 Å². The van der Waals surface area contributed by atoms with Crippen LogP contribution in [0.25, 0.3) is 0 Å². The quantitative estimate of drug-likeness (QED) is 0.820. The van der Waals surface area contributed by atoms with Crippen molar-refractivity contribution in [3.8, 4) is 0 Å². The van der Waals surface area contributed by atoms with E-state index in [0.717, 1.165) is 12.1 Å². The molecule has 2 aromatic rings. The summed E-state index contributed by atoms with van der Waals surface area (Å²) in [6, 6.07) is 5.74.